The van der Waals surface area contributed by atoms with Crippen molar-refractivity contribution < 1.29 is 18.8 Å². The molecule has 0 aliphatic rings. The number of nitrogens with one attached hydrogen (secondary N) is 3. The molecule has 0 fully saturated rings. The highest BCUT2D eigenvalue weighted by Crippen LogP contribution is 2.20. The van der Waals surface area contributed by atoms with E-state index in [0.29, 0.717) is 11.4 Å². The summed E-state index contributed by atoms with van der Waals surface area (Å²) in [5.41, 5.74) is 0.538. The van der Waals surface area contributed by atoms with Crippen LogP contribution in [0.3, 0.4) is 0 Å². The Morgan fingerprint density at radius 1 is 0.852 bits per heavy atom. The molecule has 3 amide bonds. The van der Waals surface area contributed by atoms with Crippen LogP contribution in [0.15, 0.2) is 48.5 Å². The summed E-state index contributed by atoms with van der Waals surface area (Å²) in [6.45, 7) is 4.64. The van der Waals surface area contributed by atoms with Crippen LogP contribution in [0.2, 0.25) is 0 Å². The number of benzene rings is 2. The minimum atomic E-state index is -1.31. The molecular formula is C20H22FN3O3. The number of rotatable bonds is 6. The summed E-state index contributed by atoms with van der Waals surface area (Å²) in [6.07, 6.45) is 0. The van der Waals surface area contributed by atoms with Gasteiger partial charge in [0.1, 0.15) is 11.2 Å². The Bertz CT molecular complexity index is 831. The number of hydrogen-bond acceptors (Lipinski definition) is 3. The van der Waals surface area contributed by atoms with Gasteiger partial charge in [0.15, 0.2) is 0 Å². The molecule has 2 aromatic carbocycles. The monoisotopic (exact) mass is 371 g/mol. The molecular weight excluding hydrogens is 349 g/mol. The zero-order valence-electron chi connectivity index (χ0n) is 15.4. The quantitative estimate of drug-likeness (QED) is 0.682. The lowest BCUT2D eigenvalue weighted by Gasteiger charge is -2.23. The van der Waals surface area contributed by atoms with Gasteiger partial charge in [0.2, 0.25) is 17.7 Å². The second-order valence-corrected chi connectivity index (χ2v) is 6.65. The molecule has 0 aliphatic carbocycles. The average molecular weight is 371 g/mol. The fraction of sp³-hybridized carbons (Fsp3) is 0.250. The molecule has 0 aromatic heterocycles. The van der Waals surface area contributed by atoms with Gasteiger partial charge in [0, 0.05) is 24.8 Å². The van der Waals surface area contributed by atoms with Gasteiger partial charge in [-0.25, -0.2) is 4.39 Å². The van der Waals surface area contributed by atoms with E-state index in [1.54, 1.807) is 36.4 Å². The Morgan fingerprint density at radius 2 is 1.37 bits per heavy atom. The zero-order valence-corrected chi connectivity index (χ0v) is 15.4. The minimum absolute atomic E-state index is 0.189. The lowest BCUT2D eigenvalue weighted by atomic mass is 9.90. The summed E-state index contributed by atoms with van der Waals surface area (Å²) in [7, 11) is 0. The topological polar surface area (TPSA) is 87.3 Å². The highest BCUT2D eigenvalue weighted by Gasteiger charge is 2.35. The maximum atomic E-state index is 12.9. The molecule has 6 nitrogen and oxygen atoms in total. The molecule has 0 aliphatic heterocycles. The molecule has 27 heavy (non-hydrogen) atoms. The SMILES string of the molecule is CC(=O)Nc1ccc(NC(=O)C(C)(C)C(=O)NCc2ccc(F)cc2)cc1. The average Bonchev–Trinajstić information content (AvgIpc) is 2.62. The molecule has 0 saturated heterocycles. The Hall–Kier alpha value is -3.22. The van der Waals surface area contributed by atoms with Crippen molar-refractivity contribution in [3.05, 3.63) is 59.9 Å². The van der Waals surface area contributed by atoms with E-state index in [2.05, 4.69) is 16.0 Å². The fourth-order valence-electron chi connectivity index (χ4n) is 2.24. The maximum absolute atomic E-state index is 12.9. The predicted octanol–water partition coefficient (Wildman–Crippen LogP) is 3.07. The van der Waals surface area contributed by atoms with Gasteiger partial charge >= 0.3 is 0 Å². The van der Waals surface area contributed by atoms with Crippen LogP contribution in [-0.2, 0) is 20.9 Å². The molecule has 2 rings (SSSR count). The van der Waals surface area contributed by atoms with Gasteiger partial charge in [0.25, 0.3) is 0 Å². The summed E-state index contributed by atoms with van der Waals surface area (Å²) < 4.78 is 12.9. The smallest absolute Gasteiger partial charge is 0.239 e. The van der Waals surface area contributed by atoms with E-state index in [9.17, 15) is 18.8 Å². The predicted molar refractivity (Wildman–Crippen MR) is 101 cm³/mol. The van der Waals surface area contributed by atoms with Crippen LogP contribution in [0.5, 0.6) is 0 Å². The Labute approximate surface area is 157 Å². The van der Waals surface area contributed by atoms with Gasteiger partial charge in [-0.2, -0.15) is 0 Å². The normalized spacial score (nSPS) is 10.8. The lowest BCUT2D eigenvalue weighted by molar-refractivity contribution is -0.138. The van der Waals surface area contributed by atoms with Crippen molar-refractivity contribution in [3.8, 4) is 0 Å². The third kappa shape index (κ3) is 5.64. The van der Waals surface area contributed by atoms with E-state index in [4.69, 9.17) is 0 Å². The van der Waals surface area contributed by atoms with Crippen molar-refractivity contribution in [2.75, 3.05) is 10.6 Å². The molecule has 0 saturated carbocycles. The second-order valence-electron chi connectivity index (χ2n) is 6.65. The molecule has 3 N–H and O–H groups in total. The van der Waals surface area contributed by atoms with E-state index in [1.165, 1.54) is 32.9 Å². The van der Waals surface area contributed by atoms with Gasteiger partial charge in [-0.05, 0) is 55.8 Å². The molecule has 0 heterocycles. The van der Waals surface area contributed by atoms with Crippen LogP contribution in [-0.4, -0.2) is 17.7 Å². The number of anilines is 2. The molecule has 142 valence electrons. The molecule has 2 aromatic rings. The third-order valence-corrected chi connectivity index (χ3v) is 3.96. The highest BCUT2D eigenvalue weighted by atomic mass is 19.1. The van der Waals surface area contributed by atoms with Crippen LogP contribution in [0.25, 0.3) is 0 Å². The molecule has 0 unspecified atom stereocenters. The van der Waals surface area contributed by atoms with Crippen molar-refractivity contribution in [1.82, 2.24) is 5.32 Å². The highest BCUT2D eigenvalue weighted by molar-refractivity contribution is 6.09. The van der Waals surface area contributed by atoms with Gasteiger partial charge in [-0.1, -0.05) is 12.1 Å². The largest absolute Gasteiger partial charge is 0.351 e. The van der Waals surface area contributed by atoms with Gasteiger partial charge in [0.05, 0.1) is 0 Å². The first-order valence-electron chi connectivity index (χ1n) is 8.40. The van der Waals surface area contributed by atoms with Gasteiger partial charge in [-0.15, -0.1) is 0 Å². The van der Waals surface area contributed by atoms with Crippen molar-refractivity contribution in [2.45, 2.75) is 27.3 Å². The van der Waals surface area contributed by atoms with Crippen LogP contribution in [0, 0.1) is 11.2 Å². The fourth-order valence-corrected chi connectivity index (χ4v) is 2.24. The Kier molecular flexibility index (Phi) is 6.28. The molecule has 7 heteroatoms. The molecule has 0 atom stereocenters. The summed E-state index contributed by atoms with van der Waals surface area (Å²) in [5.74, 6) is -1.45. The van der Waals surface area contributed by atoms with Crippen molar-refractivity contribution in [1.29, 1.82) is 0 Å². The summed E-state index contributed by atoms with van der Waals surface area (Å²) >= 11 is 0. The number of carbonyl (C=O) groups is 3. The third-order valence-electron chi connectivity index (χ3n) is 3.96. The van der Waals surface area contributed by atoms with Crippen LogP contribution < -0.4 is 16.0 Å². The second kappa shape index (κ2) is 8.44. The van der Waals surface area contributed by atoms with E-state index >= 15 is 0 Å². The first-order chi connectivity index (χ1) is 12.7. The van der Waals surface area contributed by atoms with Crippen LogP contribution >= 0.6 is 0 Å². The zero-order chi connectivity index (χ0) is 20.0. The molecule has 0 radical (unpaired) electrons. The lowest BCUT2D eigenvalue weighted by Crippen LogP contribution is -2.44. The Balaban J connectivity index is 1.95. The summed E-state index contributed by atoms with van der Waals surface area (Å²) in [6, 6.07) is 12.3. The molecule has 0 spiro atoms. The van der Waals surface area contributed by atoms with Crippen molar-refractivity contribution in [2.24, 2.45) is 5.41 Å². The number of halogens is 1. The summed E-state index contributed by atoms with van der Waals surface area (Å²) in [4.78, 5) is 35.9. The molecule has 0 bridgehead atoms. The summed E-state index contributed by atoms with van der Waals surface area (Å²) in [5, 5.41) is 8.00. The van der Waals surface area contributed by atoms with Crippen molar-refractivity contribution in [3.63, 3.8) is 0 Å². The number of hydrogen-bond donors (Lipinski definition) is 3. The maximum Gasteiger partial charge on any atom is 0.239 e. The van der Waals surface area contributed by atoms with Crippen LogP contribution in [0.4, 0.5) is 15.8 Å². The van der Waals surface area contributed by atoms with E-state index in [-0.39, 0.29) is 18.3 Å². The van der Waals surface area contributed by atoms with Crippen molar-refractivity contribution >= 4 is 29.1 Å². The minimum Gasteiger partial charge on any atom is -0.351 e. The first kappa shape index (κ1) is 20.1. The van der Waals surface area contributed by atoms with E-state index in [1.807, 2.05) is 0 Å². The standard InChI is InChI=1S/C20H22FN3O3/c1-13(25)23-16-8-10-17(11-9-16)24-19(27)20(2,3)18(26)22-12-14-4-6-15(21)7-5-14/h4-11H,12H2,1-3H3,(H,22,26)(H,23,25)(H,24,27). The van der Waals surface area contributed by atoms with E-state index < -0.39 is 17.2 Å². The first-order valence-corrected chi connectivity index (χ1v) is 8.40. The van der Waals surface area contributed by atoms with Gasteiger partial charge in [-0.3, -0.25) is 14.4 Å². The Morgan fingerprint density at radius 3 is 1.89 bits per heavy atom. The number of amides is 3. The number of carbonyl (C=O) groups excluding carboxylic acids is 3. The van der Waals surface area contributed by atoms with Crippen LogP contribution in [0.1, 0.15) is 26.3 Å². The van der Waals surface area contributed by atoms with Gasteiger partial charge < -0.3 is 16.0 Å². The van der Waals surface area contributed by atoms with E-state index in [0.717, 1.165) is 5.56 Å².